The van der Waals surface area contributed by atoms with Crippen LogP contribution in [0, 0.1) is 6.92 Å². The number of hydrogen-bond acceptors (Lipinski definition) is 4. The fourth-order valence-corrected chi connectivity index (χ4v) is 3.17. The first-order chi connectivity index (χ1) is 10.1. The molecule has 7 heteroatoms. The molecule has 0 spiro atoms. The lowest BCUT2D eigenvalue weighted by molar-refractivity contribution is 0.102. The zero-order chi connectivity index (χ0) is 15.0. The molecule has 3 rings (SSSR count). The number of anilines is 1. The van der Waals surface area contributed by atoms with Crippen molar-refractivity contribution in [3.63, 3.8) is 0 Å². The van der Waals surface area contributed by atoms with Crippen molar-refractivity contribution in [1.82, 2.24) is 9.38 Å². The second kappa shape index (κ2) is 5.42. The summed E-state index contributed by atoms with van der Waals surface area (Å²) in [7, 11) is 0. The molecule has 5 nitrogen and oxygen atoms in total. The van der Waals surface area contributed by atoms with E-state index < -0.39 is 0 Å². The van der Waals surface area contributed by atoms with Crippen molar-refractivity contribution in [2.45, 2.75) is 6.92 Å². The van der Waals surface area contributed by atoms with Crippen LogP contribution < -0.4 is 10.9 Å². The number of fused-ring (bicyclic) bond motifs is 1. The molecular weight excluding hydrogens is 354 g/mol. The molecule has 0 aliphatic rings. The van der Waals surface area contributed by atoms with Gasteiger partial charge in [-0.1, -0.05) is 12.1 Å². The van der Waals surface area contributed by atoms with Crippen LogP contribution in [0.2, 0.25) is 0 Å². The zero-order valence-corrected chi connectivity index (χ0v) is 13.4. The number of nitrogens with zero attached hydrogens (tertiary/aromatic N) is 2. The maximum Gasteiger partial charge on any atom is 0.282 e. The number of benzene rings is 1. The second-order valence-corrected chi connectivity index (χ2v) is 6.09. The van der Waals surface area contributed by atoms with E-state index in [0.29, 0.717) is 20.7 Å². The highest BCUT2D eigenvalue weighted by atomic mass is 79.9. The van der Waals surface area contributed by atoms with Gasteiger partial charge in [0.2, 0.25) is 0 Å². The van der Waals surface area contributed by atoms with Gasteiger partial charge < -0.3 is 5.32 Å². The molecule has 0 bridgehead atoms. The van der Waals surface area contributed by atoms with E-state index in [9.17, 15) is 9.59 Å². The van der Waals surface area contributed by atoms with Crippen molar-refractivity contribution in [2.75, 3.05) is 5.32 Å². The summed E-state index contributed by atoms with van der Waals surface area (Å²) in [6, 6.07) is 7.04. The predicted octanol–water partition coefficient (Wildman–Crippen LogP) is 3.08. The smallest absolute Gasteiger partial charge is 0.282 e. The Labute approximate surface area is 132 Å². The van der Waals surface area contributed by atoms with Crippen molar-refractivity contribution < 1.29 is 4.79 Å². The summed E-state index contributed by atoms with van der Waals surface area (Å²) in [5, 5.41) is 4.44. The van der Waals surface area contributed by atoms with Gasteiger partial charge in [-0.25, -0.2) is 4.98 Å². The van der Waals surface area contributed by atoms with Gasteiger partial charge in [-0.15, -0.1) is 11.3 Å². The van der Waals surface area contributed by atoms with E-state index in [-0.39, 0.29) is 17.2 Å². The highest BCUT2D eigenvalue weighted by Gasteiger charge is 2.15. The maximum atomic E-state index is 12.4. The Morgan fingerprint density at radius 2 is 2.14 bits per heavy atom. The Morgan fingerprint density at radius 3 is 2.90 bits per heavy atom. The van der Waals surface area contributed by atoms with E-state index in [2.05, 4.69) is 26.2 Å². The minimum Gasteiger partial charge on any atom is -0.316 e. The van der Waals surface area contributed by atoms with Gasteiger partial charge in [0.15, 0.2) is 4.96 Å². The predicted molar refractivity (Wildman–Crippen MR) is 86.2 cm³/mol. The molecule has 1 aromatic carbocycles. The summed E-state index contributed by atoms with van der Waals surface area (Å²) in [6.45, 7) is 1.71. The van der Waals surface area contributed by atoms with Gasteiger partial charge in [-0.3, -0.25) is 14.0 Å². The Balaban J connectivity index is 2.04. The number of thiazole rings is 1. The van der Waals surface area contributed by atoms with Crippen LogP contribution in [0.3, 0.4) is 0 Å². The highest BCUT2D eigenvalue weighted by molar-refractivity contribution is 9.10. The lowest BCUT2D eigenvalue weighted by atomic mass is 10.2. The van der Waals surface area contributed by atoms with Gasteiger partial charge in [-0.2, -0.15) is 0 Å². The van der Waals surface area contributed by atoms with Crippen LogP contribution >= 0.6 is 27.3 Å². The van der Waals surface area contributed by atoms with Gasteiger partial charge in [0, 0.05) is 16.0 Å². The fourth-order valence-electron chi connectivity index (χ4n) is 1.95. The Morgan fingerprint density at radius 1 is 1.38 bits per heavy atom. The van der Waals surface area contributed by atoms with Crippen LogP contribution in [0.25, 0.3) is 4.96 Å². The number of halogens is 1. The molecule has 3 aromatic rings. The molecule has 1 N–H and O–H groups in total. The summed E-state index contributed by atoms with van der Waals surface area (Å²) >= 11 is 4.70. The van der Waals surface area contributed by atoms with Crippen LogP contribution in [0.5, 0.6) is 0 Å². The van der Waals surface area contributed by atoms with Crippen molar-refractivity contribution in [3.8, 4) is 0 Å². The molecule has 2 heterocycles. The first-order valence-electron chi connectivity index (χ1n) is 6.10. The quantitative estimate of drug-likeness (QED) is 0.760. The number of rotatable bonds is 2. The van der Waals surface area contributed by atoms with E-state index in [0.717, 1.165) is 0 Å². The third kappa shape index (κ3) is 2.50. The Kier molecular flexibility index (Phi) is 3.60. The van der Waals surface area contributed by atoms with Gasteiger partial charge in [0.05, 0.1) is 11.3 Å². The molecule has 0 fully saturated rings. The van der Waals surface area contributed by atoms with Crippen molar-refractivity contribution >= 4 is 43.8 Å². The molecular formula is C14H10BrN3O2S. The molecule has 0 unspecified atom stereocenters. The number of carbonyl (C=O) groups is 1. The van der Waals surface area contributed by atoms with Gasteiger partial charge in [0.1, 0.15) is 5.69 Å². The van der Waals surface area contributed by atoms with Crippen LogP contribution in [0.4, 0.5) is 5.69 Å². The lowest BCUT2D eigenvalue weighted by Gasteiger charge is -2.08. The normalized spacial score (nSPS) is 10.8. The number of amides is 1. The van der Waals surface area contributed by atoms with Gasteiger partial charge in [-0.05, 0) is 35.0 Å². The summed E-state index contributed by atoms with van der Waals surface area (Å²) in [6.07, 6.45) is 1.64. The highest BCUT2D eigenvalue weighted by Crippen LogP contribution is 2.18. The van der Waals surface area contributed by atoms with Crippen molar-refractivity contribution in [2.24, 2.45) is 0 Å². The number of carbonyl (C=O) groups excluding carboxylic acids is 1. The summed E-state index contributed by atoms with van der Waals surface area (Å²) in [4.78, 5) is 29.6. The second-order valence-electron chi connectivity index (χ2n) is 4.37. The number of aryl methyl sites for hydroxylation is 1. The molecule has 21 heavy (non-hydrogen) atoms. The van der Waals surface area contributed by atoms with Crippen LogP contribution in [-0.2, 0) is 0 Å². The molecule has 0 aliphatic heterocycles. The van der Waals surface area contributed by atoms with E-state index in [1.807, 2.05) is 6.07 Å². The average Bonchev–Trinajstić information content (AvgIpc) is 2.92. The SMILES string of the molecule is Cc1nc2sccn2c(=O)c1NC(=O)c1ccccc1Br. The van der Waals surface area contributed by atoms with Crippen molar-refractivity contribution in [1.29, 1.82) is 0 Å². The topological polar surface area (TPSA) is 63.5 Å². The molecule has 0 saturated heterocycles. The summed E-state index contributed by atoms with van der Waals surface area (Å²) in [5.41, 5.74) is 0.889. The lowest BCUT2D eigenvalue weighted by Crippen LogP contribution is -2.24. The Hall–Kier alpha value is -1.99. The molecule has 106 valence electrons. The van der Waals surface area contributed by atoms with Crippen molar-refractivity contribution in [3.05, 3.63) is 61.9 Å². The monoisotopic (exact) mass is 363 g/mol. The molecule has 2 aromatic heterocycles. The first kappa shape index (κ1) is 14.0. The Bertz CT molecular complexity index is 901. The van der Waals surface area contributed by atoms with Gasteiger partial charge >= 0.3 is 0 Å². The van der Waals surface area contributed by atoms with Crippen LogP contribution in [0.1, 0.15) is 16.1 Å². The van der Waals surface area contributed by atoms with E-state index in [1.165, 1.54) is 15.7 Å². The molecule has 1 amide bonds. The summed E-state index contributed by atoms with van der Waals surface area (Å²) in [5.74, 6) is -0.348. The average molecular weight is 364 g/mol. The minimum atomic E-state index is -0.348. The van der Waals surface area contributed by atoms with Crippen LogP contribution in [-0.4, -0.2) is 15.3 Å². The first-order valence-corrected chi connectivity index (χ1v) is 7.77. The number of aromatic nitrogens is 2. The molecule has 0 atom stereocenters. The summed E-state index contributed by atoms with van der Waals surface area (Å²) < 4.78 is 2.10. The molecule has 0 radical (unpaired) electrons. The molecule has 0 saturated carbocycles. The zero-order valence-electron chi connectivity index (χ0n) is 11.0. The number of hydrogen-bond donors (Lipinski definition) is 1. The third-order valence-electron chi connectivity index (χ3n) is 3.00. The minimum absolute atomic E-state index is 0.201. The number of nitrogens with one attached hydrogen (secondary N) is 1. The van der Waals surface area contributed by atoms with E-state index >= 15 is 0 Å². The van der Waals surface area contributed by atoms with Gasteiger partial charge in [0.25, 0.3) is 11.5 Å². The molecule has 0 aliphatic carbocycles. The maximum absolute atomic E-state index is 12.4. The standard InChI is InChI=1S/C14H10BrN3O2S/c1-8-11(13(20)18-6-7-21-14(18)16-8)17-12(19)9-4-2-3-5-10(9)15/h2-7H,1H3,(H,17,19). The van der Waals surface area contributed by atoms with E-state index in [1.54, 1.807) is 36.7 Å². The fraction of sp³-hybridized carbons (Fsp3) is 0.0714. The largest absolute Gasteiger partial charge is 0.316 e. The van der Waals surface area contributed by atoms with Crippen LogP contribution in [0.15, 0.2) is 45.1 Å². The third-order valence-corrected chi connectivity index (χ3v) is 4.45. The van der Waals surface area contributed by atoms with E-state index in [4.69, 9.17) is 0 Å².